The maximum atomic E-state index is 12.7. The zero-order chi connectivity index (χ0) is 37.7. The number of ether oxygens (including phenoxy) is 2. The SMILES string of the molecule is CCCCCC/C=C\CCCCCCCCOCC(COP(=O)(O)OCC[N+](C)(C)C)OC(=O)CCCCCCCCCCCCCCCCC. The van der Waals surface area contributed by atoms with Gasteiger partial charge in [-0.05, 0) is 38.5 Å². The minimum Gasteiger partial charge on any atom is -0.457 e. The second-order valence-corrected chi connectivity index (χ2v) is 17.2. The van der Waals surface area contributed by atoms with Crippen molar-refractivity contribution in [1.29, 1.82) is 0 Å². The topological polar surface area (TPSA) is 91.3 Å². The number of allylic oxidation sites excluding steroid dienone is 2. The number of likely N-dealkylation sites (N-methyl/N-ethyl adjacent to an activating group) is 1. The number of unbranched alkanes of at least 4 members (excludes halogenated alkanes) is 24. The van der Waals surface area contributed by atoms with Crippen LogP contribution in [-0.4, -0.2) is 75.6 Å². The lowest BCUT2D eigenvalue weighted by atomic mass is 10.0. The third-order valence-electron chi connectivity index (χ3n) is 9.33. The predicted molar refractivity (Wildman–Crippen MR) is 215 cm³/mol. The number of phosphoric acid groups is 1. The van der Waals surface area contributed by atoms with Gasteiger partial charge in [0.15, 0.2) is 0 Å². The molecular formula is C42H85NO7P+. The summed E-state index contributed by atoms with van der Waals surface area (Å²) >= 11 is 0. The van der Waals surface area contributed by atoms with Crippen molar-refractivity contribution in [2.45, 2.75) is 200 Å². The van der Waals surface area contributed by atoms with Crippen molar-refractivity contribution in [2.24, 2.45) is 0 Å². The highest BCUT2D eigenvalue weighted by atomic mass is 31.2. The number of rotatable bonds is 40. The van der Waals surface area contributed by atoms with Crippen LogP contribution in [0.3, 0.4) is 0 Å². The zero-order valence-corrected chi connectivity index (χ0v) is 35.3. The first kappa shape index (κ1) is 50.2. The molecule has 304 valence electrons. The highest BCUT2D eigenvalue weighted by Gasteiger charge is 2.26. The van der Waals surface area contributed by atoms with Gasteiger partial charge in [-0.2, -0.15) is 0 Å². The van der Waals surface area contributed by atoms with E-state index in [9.17, 15) is 14.3 Å². The fourth-order valence-electron chi connectivity index (χ4n) is 5.96. The fraction of sp³-hybridized carbons (Fsp3) is 0.929. The van der Waals surface area contributed by atoms with Crippen molar-refractivity contribution < 1.29 is 37.3 Å². The Morgan fingerprint density at radius 3 is 1.51 bits per heavy atom. The zero-order valence-electron chi connectivity index (χ0n) is 34.4. The van der Waals surface area contributed by atoms with Gasteiger partial charge < -0.3 is 18.9 Å². The maximum absolute atomic E-state index is 12.7. The van der Waals surface area contributed by atoms with Crippen LogP contribution in [0.4, 0.5) is 0 Å². The van der Waals surface area contributed by atoms with Crippen LogP contribution in [0.5, 0.6) is 0 Å². The molecule has 2 atom stereocenters. The minimum atomic E-state index is -4.27. The van der Waals surface area contributed by atoms with E-state index >= 15 is 0 Å². The quantitative estimate of drug-likeness (QED) is 0.0219. The standard InChI is InChI=1S/C42H84NO7P/c1-6-8-10-12-14-16-18-20-22-23-25-27-29-31-33-35-42(44)50-41(40-49-51(45,46)48-38-36-43(3,4)5)39-47-37-34-32-30-28-26-24-21-19-17-15-13-11-9-7-2/h17,19,41H,6-16,18,20-40H2,1-5H3/p+1/b19-17-. The molecule has 0 heterocycles. The molecule has 0 aromatic rings. The molecule has 0 aliphatic rings. The van der Waals surface area contributed by atoms with Gasteiger partial charge in [-0.3, -0.25) is 13.8 Å². The molecule has 0 saturated carbocycles. The van der Waals surface area contributed by atoms with E-state index in [4.69, 9.17) is 18.5 Å². The molecule has 0 aromatic carbocycles. The number of hydrogen-bond donors (Lipinski definition) is 1. The number of carbonyl (C=O) groups is 1. The number of carbonyl (C=O) groups excluding carboxylic acids is 1. The molecule has 2 unspecified atom stereocenters. The maximum Gasteiger partial charge on any atom is 0.472 e. The Morgan fingerprint density at radius 1 is 0.588 bits per heavy atom. The van der Waals surface area contributed by atoms with Crippen LogP contribution >= 0.6 is 7.82 Å². The Kier molecular flexibility index (Phi) is 35.7. The van der Waals surface area contributed by atoms with Crippen molar-refractivity contribution in [1.82, 2.24) is 0 Å². The number of esters is 1. The lowest BCUT2D eigenvalue weighted by molar-refractivity contribution is -0.870. The molecule has 0 rings (SSSR count). The van der Waals surface area contributed by atoms with Gasteiger partial charge >= 0.3 is 13.8 Å². The summed E-state index contributed by atoms with van der Waals surface area (Å²) in [4.78, 5) is 22.8. The summed E-state index contributed by atoms with van der Waals surface area (Å²) in [7, 11) is 1.67. The number of quaternary nitrogens is 1. The summed E-state index contributed by atoms with van der Waals surface area (Å²) in [5.74, 6) is -0.313. The fourth-order valence-corrected chi connectivity index (χ4v) is 6.70. The van der Waals surface area contributed by atoms with Crippen LogP contribution in [0.15, 0.2) is 12.2 Å². The van der Waals surface area contributed by atoms with Gasteiger partial charge in [0.05, 0.1) is 34.4 Å². The molecule has 9 heteroatoms. The minimum absolute atomic E-state index is 0.0905. The van der Waals surface area contributed by atoms with E-state index < -0.39 is 13.9 Å². The molecule has 0 saturated heterocycles. The van der Waals surface area contributed by atoms with Crippen LogP contribution in [0.2, 0.25) is 0 Å². The largest absolute Gasteiger partial charge is 0.472 e. The molecule has 0 bridgehead atoms. The van der Waals surface area contributed by atoms with E-state index in [1.165, 1.54) is 141 Å². The summed E-state index contributed by atoms with van der Waals surface area (Å²) in [6, 6.07) is 0. The second kappa shape index (κ2) is 36.2. The smallest absolute Gasteiger partial charge is 0.457 e. The lowest BCUT2D eigenvalue weighted by Gasteiger charge is -2.24. The summed E-state index contributed by atoms with van der Waals surface area (Å²) < 4.78 is 35.0. The van der Waals surface area contributed by atoms with Gasteiger partial charge in [0.2, 0.25) is 0 Å². The third kappa shape index (κ3) is 40.3. The number of nitrogens with zero attached hydrogens (tertiary/aromatic N) is 1. The van der Waals surface area contributed by atoms with Crippen LogP contribution in [0, 0.1) is 0 Å². The van der Waals surface area contributed by atoms with E-state index in [0.29, 0.717) is 24.1 Å². The summed E-state index contributed by atoms with van der Waals surface area (Å²) in [6.07, 6.45) is 38.0. The van der Waals surface area contributed by atoms with Crippen molar-refractivity contribution in [3.05, 3.63) is 12.2 Å². The van der Waals surface area contributed by atoms with Gasteiger partial charge in [0.25, 0.3) is 0 Å². The molecule has 0 fully saturated rings. The van der Waals surface area contributed by atoms with E-state index in [1.54, 1.807) is 0 Å². The first-order valence-electron chi connectivity index (χ1n) is 21.4. The van der Waals surface area contributed by atoms with Gasteiger partial charge in [-0.1, -0.05) is 161 Å². The highest BCUT2D eigenvalue weighted by molar-refractivity contribution is 7.47. The normalized spacial score (nSPS) is 13.9. The van der Waals surface area contributed by atoms with Crippen molar-refractivity contribution in [3.8, 4) is 0 Å². The van der Waals surface area contributed by atoms with E-state index in [0.717, 1.165) is 32.1 Å². The Labute approximate surface area is 316 Å². The Hall–Kier alpha value is -0.760. The third-order valence-corrected chi connectivity index (χ3v) is 10.3. The highest BCUT2D eigenvalue weighted by Crippen LogP contribution is 2.43. The van der Waals surface area contributed by atoms with E-state index in [1.807, 2.05) is 21.1 Å². The first-order chi connectivity index (χ1) is 24.6. The summed E-state index contributed by atoms with van der Waals surface area (Å²) in [6.45, 7) is 5.62. The molecule has 0 amide bonds. The van der Waals surface area contributed by atoms with Crippen molar-refractivity contribution in [2.75, 3.05) is 54.1 Å². The van der Waals surface area contributed by atoms with Crippen molar-refractivity contribution in [3.63, 3.8) is 0 Å². The molecule has 0 spiro atoms. The molecule has 1 N–H and O–H groups in total. The average molecular weight is 747 g/mol. The second-order valence-electron chi connectivity index (χ2n) is 15.7. The molecule has 0 aliphatic carbocycles. The number of phosphoric ester groups is 1. The predicted octanol–water partition coefficient (Wildman–Crippen LogP) is 12.3. The summed E-state index contributed by atoms with van der Waals surface area (Å²) in [5.41, 5.74) is 0. The van der Waals surface area contributed by atoms with E-state index in [2.05, 4.69) is 26.0 Å². The van der Waals surface area contributed by atoms with Gasteiger partial charge in [0, 0.05) is 13.0 Å². The molecule has 8 nitrogen and oxygen atoms in total. The molecule has 0 aromatic heterocycles. The first-order valence-corrected chi connectivity index (χ1v) is 22.9. The molecular weight excluding hydrogens is 661 g/mol. The number of hydrogen-bond acceptors (Lipinski definition) is 6. The van der Waals surface area contributed by atoms with Gasteiger partial charge in [-0.25, -0.2) is 4.57 Å². The Morgan fingerprint density at radius 2 is 1.02 bits per heavy atom. The molecule has 51 heavy (non-hydrogen) atoms. The molecule has 0 radical (unpaired) electrons. The van der Waals surface area contributed by atoms with Crippen LogP contribution in [-0.2, 0) is 27.9 Å². The molecule has 0 aliphatic heterocycles. The van der Waals surface area contributed by atoms with Crippen molar-refractivity contribution >= 4 is 13.8 Å². The van der Waals surface area contributed by atoms with E-state index in [-0.39, 0.29) is 25.8 Å². The lowest BCUT2D eigenvalue weighted by Crippen LogP contribution is -2.37. The average Bonchev–Trinajstić information content (AvgIpc) is 3.08. The Balaban J connectivity index is 4.23. The summed E-state index contributed by atoms with van der Waals surface area (Å²) in [5, 5.41) is 0. The van der Waals surface area contributed by atoms with Crippen LogP contribution in [0.1, 0.15) is 194 Å². The monoisotopic (exact) mass is 747 g/mol. The van der Waals surface area contributed by atoms with Gasteiger partial charge in [-0.15, -0.1) is 0 Å². The Bertz CT molecular complexity index is 833. The van der Waals surface area contributed by atoms with Gasteiger partial charge in [0.1, 0.15) is 19.3 Å². The van der Waals surface area contributed by atoms with Crippen LogP contribution in [0.25, 0.3) is 0 Å². The van der Waals surface area contributed by atoms with Crippen LogP contribution < -0.4 is 0 Å².